The smallest absolute Gasteiger partial charge is 0.314 e. The fraction of sp³-hybridized carbons (Fsp3) is 0.435. The highest BCUT2D eigenvalue weighted by atomic mass is 32.2. The summed E-state index contributed by atoms with van der Waals surface area (Å²) in [5.41, 5.74) is 2.67. The Balaban J connectivity index is 1.31. The summed E-state index contributed by atoms with van der Waals surface area (Å²) in [6, 6.07) is 18.9. The molecule has 2 N–H and O–H groups in total. The van der Waals surface area contributed by atoms with Crippen molar-refractivity contribution in [1.82, 2.24) is 15.5 Å². The molecule has 1 aliphatic heterocycles. The van der Waals surface area contributed by atoms with Crippen LogP contribution in [-0.4, -0.2) is 43.4 Å². The molecule has 5 heteroatoms. The van der Waals surface area contributed by atoms with Crippen molar-refractivity contribution in [2.75, 3.05) is 32.4 Å². The van der Waals surface area contributed by atoms with Crippen LogP contribution in [0.2, 0.25) is 0 Å². The highest BCUT2D eigenvalue weighted by Gasteiger charge is 2.20. The molecule has 1 saturated heterocycles. The molecule has 0 spiro atoms. The number of nitrogens with one attached hydrogen (secondary N) is 2. The first-order chi connectivity index (χ1) is 13.7. The second-order valence-corrected chi connectivity index (χ2v) is 8.25. The topological polar surface area (TPSA) is 44.4 Å². The molecule has 0 atom stereocenters. The Kier molecular flexibility index (Phi) is 8.24. The second-order valence-electron chi connectivity index (χ2n) is 7.40. The van der Waals surface area contributed by atoms with E-state index in [1.807, 2.05) is 30.0 Å². The SMILES string of the molecule is CSc1ccccc1CN1CCC(CNC(=O)NCCc2ccccc2)CC1. The van der Waals surface area contributed by atoms with E-state index in [4.69, 9.17) is 0 Å². The van der Waals surface area contributed by atoms with Crippen LogP contribution in [-0.2, 0) is 13.0 Å². The fourth-order valence-electron chi connectivity index (χ4n) is 3.69. The summed E-state index contributed by atoms with van der Waals surface area (Å²) in [5, 5.41) is 6.01. The van der Waals surface area contributed by atoms with E-state index in [9.17, 15) is 4.79 Å². The molecule has 28 heavy (non-hydrogen) atoms. The van der Waals surface area contributed by atoms with Gasteiger partial charge in [0.25, 0.3) is 0 Å². The first-order valence-electron chi connectivity index (χ1n) is 10.1. The Labute approximate surface area is 173 Å². The molecule has 2 amide bonds. The molecule has 3 rings (SSSR count). The second kappa shape index (κ2) is 11.1. The lowest BCUT2D eigenvalue weighted by molar-refractivity contribution is 0.174. The number of hydrogen-bond donors (Lipinski definition) is 2. The predicted molar refractivity (Wildman–Crippen MR) is 118 cm³/mol. The van der Waals surface area contributed by atoms with Crippen molar-refractivity contribution in [2.24, 2.45) is 5.92 Å². The minimum absolute atomic E-state index is 0.0488. The van der Waals surface area contributed by atoms with Gasteiger partial charge in [-0.3, -0.25) is 4.90 Å². The molecule has 2 aromatic carbocycles. The van der Waals surface area contributed by atoms with Gasteiger partial charge in [-0.1, -0.05) is 48.5 Å². The standard InChI is InChI=1S/C23H31N3OS/c1-28-22-10-6-5-9-21(22)18-26-15-12-20(13-16-26)17-25-23(27)24-14-11-19-7-3-2-4-8-19/h2-10,20H,11-18H2,1H3,(H2,24,25,27). The largest absolute Gasteiger partial charge is 0.338 e. The molecule has 1 heterocycles. The van der Waals surface area contributed by atoms with Crippen LogP contribution in [0.15, 0.2) is 59.5 Å². The van der Waals surface area contributed by atoms with E-state index in [-0.39, 0.29) is 6.03 Å². The van der Waals surface area contributed by atoms with E-state index in [1.54, 1.807) is 0 Å². The minimum atomic E-state index is -0.0488. The summed E-state index contributed by atoms with van der Waals surface area (Å²) >= 11 is 1.82. The van der Waals surface area contributed by atoms with Crippen molar-refractivity contribution in [2.45, 2.75) is 30.7 Å². The molecular weight excluding hydrogens is 366 g/mol. The molecule has 1 aliphatic rings. The maximum atomic E-state index is 12.0. The van der Waals surface area contributed by atoms with Crippen molar-refractivity contribution < 1.29 is 4.79 Å². The number of hydrogen-bond acceptors (Lipinski definition) is 3. The average Bonchev–Trinajstić information content (AvgIpc) is 2.74. The molecule has 2 aromatic rings. The van der Waals surface area contributed by atoms with E-state index in [0.717, 1.165) is 45.4 Å². The molecule has 0 saturated carbocycles. The number of rotatable bonds is 8. The zero-order valence-electron chi connectivity index (χ0n) is 16.7. The van der Waals surface area contributed by atoms with Crippen LogP contribution < -0.4 is 10.6 Å². The van der Waals surface area contributed by atoms with E-state index in [0.29, 0.717) is 12.5 Å². The van der Waals surface area contributed by atoms with Gasteiger partial charge in [-0.25, -0.2) is 4.79 Å². The summed E-state index contributed by atoms with van der Waals surface area (Å²) in [6.45, 7) is 4.67. The van der Waals surface area contributed by atoms with Crippen LogP contribution in [0.5, 0.6) is 0 Å². The molecule has 0 radical (unpaired) electrons. The third-order valence-electron chi connectivity index (χ3n) is 5.39. The quantitative estimate of drug-likeness (QED) is 0.658. The normalized spacial score (nSPS) is 15.3. The number of likely N-dealkylation sites (tertiary alicyclic amines) is 1. The first-order valence-corrected chi connectivity index (χ1v) is 11.4. The van der Waals surface area contributed by atoms with Crippen molar-refractivity contribution in [3.05, 3.63) is 65.7 Å². The van der Waals surface area contributed by atoms with Crippen molar-refractivity contribution in [3.63, 3.8) is 0 Å². The van der Waals surface area contributed by atoms with Crippen LogP contribution in [0.1, 0.15) is 24.0 Å². The van der Waals surface area contributed by atoms with E-state index >= 15 is 0 Å². The fourth-order valence-corrected chi connectivity index (χ4v) is 4.30. The lowest BCUT2D eigenvalue weighted by Gasteiger charge is -2.32. The van der Waals surface area contributed by atoms with Gasteiger partial charge >= 0.3 is 6.03 Å². The van der Waals surface area contributed by atoms with Crippen molar-refractivity contribution >= 4 is 17.8 Å². The van der Waals surface area contributed by atoms with Crippen LogP contribution in [0.25, 0.3) is 0 Å². The summed E-state index contributed by atoms with van der Waals surface area (Å²) in [4.78, 5) is 15.9. The average molecular weight is 398 g/mol. The third kappa shape index (κ3) is 6.57. The summed E-state index contributed by atoms with van der Waals surface area (Å²) in [7, 11) is 0. The van der Waals surface area contributed by atoms with Crippen LogP contribution in [0, 0.1) is 5.92 Å². The van der Waals surface area contributed by atoms with Gasteiger partial charge in [0.05, 0.1) is 0 Å². The Morgan fingerprint density at radius 2 is 1.75 bits per heavy atom. The van der Waals surface area contributed by atoms with E-state index in [2.05, 4.69) is 58.2 Å². The van der Waals surface area contributed by atoms with Gasteiger partial charge in [-0.15, -0.1) is 11.8 Å². The lowest BCUT2D eigenvalue weighted by Crippen LogP contribution is -2.42. The molecule has 0 bridgehead atoms. The van der Waals surface area contributed by atoms with Gasteiger partial charge in [-0.2, -0.15) is 0 Å². The number of carbonyl (C=O) groups excluding carboxylic acids is 1. The predicted octanol–water partition coefficient (Wildman–Crippen LogP) is 4.16. The van der Waals surface area contributed by atoms with Gasteiger partial charge in [0.15, 0.2) is 0 Å². The van der Waals surface area contributed by atoms with Crippen LogP contribution >= 0.6 is 11.8 Å². The van der Waals surface area contributed by atoms with E-state index in [1.165, 1.54) is 16.0 Å². The number of amides is 2. The van der Waals surface area contributed by atoms with Crippen molar-refractivity contribution in [1.29, 1.82) is 0 Å². The van der Waals surface area contributed by atoms with Gasteiger partial charge in [0.2, 0.25) is 0 Å². The first kappa shape index (κ1) is 20.7. The molecular formula is C23H31N3OS. The lowest BCUT2D eigenvalue weighted by atomic mass is 9.96. The maximum Gasteiger partial charge on any atom is 0.314 e. The number of piperidine rings is 1. The Hall–Kier alpha value is -1.98. The molecule has 4 nitrogen and oxygen atoms in total. The summed E-state index contributed by atoms with van der Waals surface area (Å²) in [6.07, 6.45) is 5.29. The number of nitrogens with zero attached hydrogens (tertiary/aromatic N) is 1. The van der Waals surface area contributed by atoms with Gasteiger partial charge in [-0.05, 0) is 61.7 Å². The number of carbonyl (C=O) groups is 1. The maximum absolute atomic E-state index is 12.0. The van der Waals surface area contributed by atoms with Crippen molar-refractivity contribution in [3.8, 4) is 0 Å². The van der Waals surface area contributed by atoms with Crippen LogP contribution in [0.4, 0.5) is 4.79 Å². The molecule has 0 unspecified atom stereocenters. The highest BCUT2D eigenvalue weighted by Crippen LogP contribution is 2.24. The Bertz CT molecular complexity index is 730. The summed E-state index contributed by atoms with van der Waals surface area (Å²) in [5.74, 6) is 0.576. The Morgan fingerprint density at radius 3 is 2.50 bits per heavy atom. The monoisotopic (exact) mass is 397 g/mol. The number of urea groups is 1. The van der Waals surface area contributed by atoms with E-state index < -0.39 is 0 Å². The molecule has 150 valence electrons. The Morgan fingerprint density at radius 1 is 1.04 bits per heavy atom. The van der Waals surface area contributed by atoms with Gasteiger partial charge in [0.1, 0.15) is 0 Å². The van der Waals surface area contributed by atoms with Gasteiger partial charge < -0.3 is 10.6 Å². The molecule has 0 aliphatic carbocycles. The highest BCUT2D eigenvalue weighted by molar-refractivity contribution is 7.98. The number of thioether (sulfide) groups is 1. The van der Waals surface area contributed by atoms with Crippen LogP contribution in [0.3, 0.4) is 0 Å². The zero-order valence-corrected chi connectivity index (χ0v) is 17.5. The molecule has 1 fully saturated rings. The third-order valence-corrected chi connectivity index (χ3v) is 6.23. The molecule has 0 aromatic heterocycles. The number of benzene rings is 2. The minimum Gasteiger partial charge on any atom is -0.338 e. The zero-order chi connectivity index (χ0) is 19.6. The van der Waals surface area contributed by atoms with Gasteiger partial charge in [0, 0.05) is 24.5 Å². The summed E-state index contributed by atoms with van der Waals surface area (Å²) < 4.78 is 0.